The topological polar surface area (TPSA) is 50.5 Å². The van der Waals surface area contributed by atoms with Gasteiger partial charge in [0.05, 0.1) is 5.88 Å². The van der Waals surface area contributed by atoms with Gasteiger partial charge in [-0.05, 0) is 37.3 Å². The van der Waals surface area contributed by atoms with Crippen LogP contribution in [-0.4, -0.2) is 25.3 Å². The Morgan fingerprint density at radius 2 is 2.11 bits per heavy atom. The molecule has 108 valence electrons. The Bertz CT molecular complexity index is 520. The zero-order valence-corrected chi connectivity index (χ0v) is 12.9. The molecule has 0 aromatic carbocycles. The highest BCUT2D eigenvalue weighted by Crippen LogP contribution is 2.33. The number of rotatable bonds is 7. The van der Waals surface area contributed by atoms with Crippen molar-refractivity contribution in [3.8, 4) is 0 Å². The second-order valence-corrected chi connectivity index (χ2v) is 7.47. The second kappa shape index (κ2) is 5.85. The average Bonchev–Trinajstić information content (AvgIpc) is 3.05. The highest BCUT2D eigenvalue weighted by atomic mass is 35.5. The van der Waals surface area contributed by atoms with Crippen molar-refractivity contribution in [2.75, 3.05) is 6.54 Å². The molecule has 1 aliphatic carbocycles. The Morgan fingerprint density at radius 3 is 2.58 bits per heavy atom. The molecule has 1 heterocycles. The van der Waals surface area contributed by atoms with Crippen molar-refractivity contribution >= 4 is 21.6 Å². The van der Waals surface area contributed by atoms with Crippen molar-refractivity contribution in [3.05, 3.63) is 17.9 Å². The van der Waals surface area contributed by atoms with Crippen LogP contribution in [0, 0.1) is 5.92 Å². The normalized spacial score (nSPS) is 16.5. The molecule has 19 heavy (non-hydrogen) atoms. The number of nitrogens with zero attached hydrogens (tertiary/aromatic N) is 1. The third-order valence-corrected chi connectivity index (χ3v) is 5.30. The molecule has 0 spiro atoms. The summed E-state index contributed by atoms with van der Waals surface area (Å²) in [5.41, 5.74) is 0. The highest BCUT2D eigenvalue weighted by molar-refractivity contribution is 7.89. The number of alkyl halides is 1. The van der Waals surface area contributed by atoms with Gasteiger partial charge in [0, 0.05) is 12.6 Å². The number of furan rings is 1. The minimum atomic E-state index is -3.51. The number of sulfonamides is 1. The first-order valence-corrected chi connectivity index (χ1v) is 8.59. The zero-order chi connectivity index (χ0) is 14.0. The van der Waals surface area contributed by atoms with E-state index < -0.39 is 10.0 Å². The summed E-state index contributed by atoms with van der Waals surface area (Å²) in [4.78, 5) is 0. The van der Waals surface area contributed by atoms with Crippen LogP contribution in [0.1, 0.15) is 38.9 Å². The van der Waals surface area contributed by atoms with Crippen molar-refractivity contribution in [2.24, 2.45) is 5.92 Å². The Morgan fingerprint density at radius 1 is 1.42 bits per heavy atom. The summed E-state index contributed by atoms with van der Waals surface area (Å²) in [6.07, 6.45) is 2.75. The molecule has 0 atom stereocenters. The van der Waals surface area contributed by atoms with Crippen LogP contribution in [0.2, 0.25) is 0 Å². The molecule has 0 bridgehead atoms. The van der Waals surface area contributed by atoms with E-state index in [4.69, 9.17) is 16.0 Å². The molecule has 2 rings (SSSR count). The van der Waals surface area contributed by atoms with Crippen LogP contribution < -0.4 is 0 Å². The molecule has 0 unspecified atom stereocenters. The minimum absolute atomic E-state index is 0.0128. The largest absolute Gasteiger partial charge is 0.447 e. The van der Waals surface area contributed by atoms with Gasteiger partial charge >= 0.3 is 0 Å². The molecule has 0 aliphatic heterocycles. The highest BCUT2D eigenvalue weighted by Gasteiger charge is 2.39. The maximum atomic E-state index is 12.5. The molecule has 0 saturated heterocycles. The number of hydrogen-bond acceptors (Lipinski definition) is 3. The summed E-state index contributed by atoms with van der Waals surface area (Å²) < 4.78 is 32.0. The Hall–Kier alpha value is -0.520. The molecule has 1 aromatic rings. The van der Waals surface area contributed by atoms with E-state index in [2.05, 4.69) is 13.8 Å². The summed E-state index contributed by atoms with van der Waals surface area (Å²) in [6, 6.07) is 3.26. The lowest BCUT2D eigenvalue weighted by atomic mass is 10.1. The molecular weight excluding hydrogens is 286 g/mol. The van der Waals surface area contributed by atoms with Gasteiger partial charge in [0.25, 0.3) is 10.0 Å². The van der Waals surface area contributed by atoms with Gasteiger partial charge < -0.3 is 4.42 Å². The standard InChI is InChI=1S/C13H20ClNO3S/c1-10(2)7-8-15(11-3-4-11)19(16,17)13-6-5-12(9-14)18-13/h5-6,10-11H,3-4,7-9H2,1-2H3. The van der Waals surface area contributed by atoms with E-state index in [1.807, 2.05) is 0 Å². The first kappa shape index (κ1) is 14.9. The van der Waals surface area contributed by atoms with E-state index in [1.165, 1.54) is 6.07 Å². The van der Waals surface area contributed by atoms with Crippen molar-refractivity contribution in [2.45, 2.75) is 50.1 Å². The monoisotopic (exact) mass is 305 g/mol. The fourth-order valence-corrected chi connectivity index (χ4v) is 3.71. The number of hydrogen-bond donors (Lipinski definition) is 0. The molecule has 0 N–H and O–H groups in total. The van der Waals surface area contributed by atoms with Gasteiger partial charge in [-0.15, -0.1) is 11.6 Å². The summed E-state index contributed by atoms with van der Waals surface area (Å²) in [7, 11) is -3.51. The van der Waals surface area contributed by atoms with E-state index in [1.54, 1.807) is 10.4 Å². The summed E-state index contributed by atoms with van der Waals surface area (Å²) in [6.45, 7) is 4.74. The van der Waals surface area contributed by atoms with E-state index in [0.29, 0.717) is 18.2 Å². The van der Waals surface area contributed by atoms with Gasteiger partial charge in [-0.25, -0.2) is 8.42 Å². The molecule has 0 radical (unpaired) electrons. The summed E-state index contributed by atoms with van der Waals surface area (Å²) in [5, 5.41) is 0.0128. The molecule has 1 aliphatic rings. The molecular formula is C13H20ClNO3S. The van der Waals surface area contributed by atoms with Gasteiger partial charge in [-0.2, -0.15) is 4.31 Å². The van der Waals surface area contributed by atoms with Gasteiger partial charge in [0.1, 0.15) is 5.76 Å². The van der Waals surface area contributed by atoms with Crippen LogP contribution in [0.4, 0.5) is 0 Å². The lowest BCUT2D eigenvalue weighted by molar-refractivity contribution is 0.349. The van der Waals surface area contributed by atoms with Crippen molar-refractivity contribution in [1.82, 2.24) is 4.31 Å². The molecule has 0 amide bonds. The van der Waals surface area contributed by atoms with Crippen LogP contribution in [0.5, 0.6) is 0 Å². The third-order valence-electron chi connectivity index (χ3n) is 3.21. The van der Waals surface area contributed by atoms with Crippen molar-refractivity contribution in [3.63, 3.8) is 0 Å². The summed E-state index contributed by atoms with van der Waals surface area (Å²) in [5.74, 6) is 1.15. The van der Waals surface area contributed by atoms with Crippen LogP contribution in [-0.2, 0) is 15.9 Å². The van der Waals surface area contributed by atoms with E-state index >= 15 is 0 Å². The van der Waals surface area contributed by atoms with E-state index in [-0.39, 0.29) is 17.0 Å². The second-order valence-electron chi connectivity index (χ2n) is 5.38. The minimum Gasteiger partial charge on any atom is -0.447 e. The van der Waals surface area contributed by atoms with Crippen LogP contribution in [0.3, 0.4) is 0 Å². The smallest absolute Gasteiger partial charge is 0.276 e. The van der Waals surface area contributed by atoms with Gasteiger partial charge in [-0.3, -0.25) is 0 Å². The van der Waals surface area contributed by atoms with Gasteiger partial charge in [0.2, 0.25) is 5.09 Å². The SMILES string of the molecule is CC(C)CCN(C1CC1)S(=O)(=O)c1ccc(CCl)o1. The lowest BCUT2D eigenvalue weighted by Gasteiger charge is -2.21. The van der Waals surface area contributed by atoms with Crippen LogP contribution in [0.25, 0.3) is 0 Å². The molecule has 1 saturated carbocycles. The molecule has 1 fully saturated rings. The van der Waals surface area contributed by atoms with Crippen LogP contribution >= 0.6 is 11.6 Å². The fourth-order valence-electron chi connectivity index (χ4n) is 1.93. The van der Waals surface area contributed by atoms with Crippen LogP contribution in [0.15, 0.2) is 21.6 Å². The average molecular weight is 306 g/mol. The first-order valence-electron chi connectivity index (χ1n) is 6.61. The van der Waals surface area contributed by atoms with Gasteiger partial charge in [0.15, 0.2) is 0 Å². The quantitative estimate of drug-likeness (QED) is 0.727. The lowest BCUT2D eigenvalue weighted by Crippen LogP contribution is -2.34. The maximum Gasteiger partial charge on any atom is 0.276 e. The fraction of sp³-hybridized carbons (Fsp3) is 0.692. The van der Waals surface area contributed by atoms with Crippen molar-refractivity contribution in [1.29, 1.82) is 0 Å². The van der Waals surface area contributed by atoms with Crippen molar-refractivity contribution < 1.29 is 12.8 Å². The summed E-state index contributed by atoms with van der Waals surface area (Å²) >= 11 is 5.65. The molecule has 6 heteroatoms. The maximum absolute atomic E-state index is 12.5. The first-order chi connectivity index (χ1) is 8.95. The van der Waals surface area contributed by atoms with E-state index in [0.717, 1.165) is 19.3 Å². The molecule has 1 aromatic heterocycles. The predicted molar refractivity (Wildman–Crippen MR) is 74.6 cm³/mol. The Balaban J connectivity index is 2.18. The van der Waals surface area contributed by atoms with Gasteiger partial charge in [-0.1, -0.05) is 13.8 Å². The Kier molecular flexibility index (Phi) is 4.58. The third kappa shape index (κ3) is 3.52. The molecule has 4 nitrogen and oxygen atoms in total. The number of halogens is 1. The predicted octanol–water partition coefficient (Wildman–Crippen LogP) is 3.22. The van der Waals surface area contributed by atoms with E-state index in [9.17, 15) is 8.42 Å². The Labute approximate surface area is 119 Å². The zero-order valence-electron chi connectivity index (χ0n) is 11.3.